The maximum Gasteiger partial charge on any atom is 0.277 e. The van der Waals surface area contributed by atoms with Crippen LogP contribution < -0.4 is 0 Å². The Morgan fingerprint density at radius 3 is 1.93 bits per heavy atom. The molecular weight excluding hydrogens is 194 g/mol. The molecular formula is C10H15N3O2. The van der Waals surface area contributed by atoms with E-state index in [0.29, 0.717) is 0 Å². The summed E-state index contributed by atoms with van der Waals surface area (Å²) in [6.45, 7) is 0. The lowest BCUT2D eigenvalue weighted by molar-refractivity contribution is -0.141. The summed E-state index contributed by atoms with van der Waals surface area (Å²) in [6, 6.07) is 0. The normalized spacial score (nSPS) is 16.9. The number of carbonyl (C=O) groups excluding carboxylic acids is 2. The molecule has 2 amide bonds. The number of carbonyl (C=O) groups is 2. The van der Waals surface area contributed by atoms with E-state index in [-0.39, 0.29) is 17.4 Å². The van der Waals surface area contributed by atoms with Gasteiger partial charge in [-0.15, -0.1) is 0 Å². The summed E-state index contributed by atoms with van der Waals surface area (Å²) in [5.74, 6) is -0.545. The van der Waals surface area contributed by atoms with Crippen molar-refractivity contribution in [2.75, 3.05) is 28.2 Å². The van der Waals surface area contributed by atoms with Crippen molar-refractivity contribution in [2.45, 2.75) is 0 Å². The van der Waals surface area contributed by atoms with Crippen LogP contribution >= 0.6 is 0 Å². The molecule has 0 aromatic rings. The fourth-order valence-electron chi connectivity index (χ4n) is 1.17. The van der Waals surface area contributed by atoms with Gasteiger partial charge in [0.05, 0.1) is 0 Å². The van der Waals surface area contributed by atoms with E-state index >= 15 is 0 Å². The molecule has 0 saturated carbocycles. The number of allylic oxidation sites excluding steroid dienone is 2. The molecule has 0 radical (unpaired) electrons. The lowest BCUT2D eigenvalue weighted by Gasteiger charge is -2.16. The number of hydrogen-bond acceptors (Lipinski definition) is 3. The van der Waals surface area contributed by atoms with E-state index in [1.54, 1.807) is 26.4 Å². The number of hydrogen-bond donors (Lipinski definition) is 0. The van der Waals surface area contributed by atoms with Crippen molar-refractivity contribution in [1.29, 1.82) is 0 Å². The van der Waals surface area contributed by atoms with E-state index in [0.717, 1.165) is 0 Å². The van der Waals surface area contributed by atoms with Gasteiger partial charge in [0.2, 0.25) is 0 Å². The monoisotopic (exact) mass is 209 g/mol. The Kier molecular flexibility index (Phi) is 3.14. The van der Waals surface area contributed by atoms with Crippen LogP contribution in [0.4, 0.5) is 0 Å². The largest absolute Gasteiger partial charge is 0.383 e. The van der Waals surface area contributed by atoms with Gasteiger partial charge in [0.1, 0.15) is 5.57 Å². The van der Waals surface area contributed by atoms with Gasteiger partial charge >= 0.3 is 0 Å². The third-order valence-electron chi connectivity index (χ3n) is 2.15. The van der Waals surface area contributed by atoms with Gasteiger partial charge in [-0.05, 0) is 18.4 Å². The lowest BCUT2D eigenvalue weighted by Crippen LogP contribution is -2.33. The summed E-state index contributed by atoms with van der Waals surface area (Å²) in [6.07, 6.45) is 4.98. The minimum absolute atomic E-state index is 0.193. The van der Waals surface area contributed by atoms with Crippen LogP contribution in [0.1, 0.15) is 0 Å². The molecule has 0 N–H and O–H groups in total. The maximum absolute atomic E-state index is 11.5. The van der Waals surface area contributed by atoms with E-state index < -0.39 is 0 Å². The number of nitrogens with zero attached hydrogens (tertiary/aromatic N) is 3. The molecule has 1 fully saturated rings. The third kappa shape index (κ3) is 2.18. The van der Waals surface area contributed by atoms with Gasteiger partial charge in [-0.25, -0.2) is 0 Å². The fourth-order valence-corrected chi connectivity index (χ4v) is 1.17. The van der Waals surface area contributed by atoms with Gasteiger partial charge in [-0.1, -0.05) is 0 Å². The zero-order valence-corrected chi connectivity index (χ0v) is 9.39. The molecule has 0 unspecified atom stereocenters. The van der Waals surface area contributed by atoms with Crippen molar-refractivity contribution >= 4 is 11.8 Å². The van der Waals surface area contributed by atoms with E-state index in [1.807, 2.05) is 19.0 Å². The second-order valence-corrected chi connectivity index (χ2v) is 3.54. The van der Waals surface area contributed by atoms with Gasteiger partial charge < -0.3 is 4.90 Å². The molecule has 1 aliphatic heterocycles. The molecule has 1 rings (SSSR count). The average Bonchev–Trinajstić information content (AvgIpc) is 2.34. The van der Waals surface area contributed by atoms with Gasteiger partial charge in [0, 0.05) is 28.2 Å². The van der Waals surface area contributed by atoms with Crippen LogP contribution in [-0.2, 0) is 9.59 Å². The van der Waals surface area contributed by atoms with E-state index in [9.17, 15) is 9.59 Å². The standard InChI is InChI=1S/C10H15N3O2/c1-11(2)7-5-6-8-9(14)12(3)13(4)10(8)15/h5-7H,1-4H3/b7-5+. The Bertz CT molecular complexity index is 323. The summed E-state index contributed by atoms with van der Waals surface area (Å²) in [5.41, 5.74) is 0.193. The SMILES string of the molecule is CN(C)/C=C/C=C1C(=O)N(C)N(C)C1=O. The molecule has 0 aromatic carbocycles. The van der Waals surface area contributed by atoms with Gasteiger partial charge in [-0.3, -0.25) is 19.6 Å². The fraction of sp³-hybridized carbons (Fsp3) is 0.400. The molecule has 0 atom stereocenters. The highest BCUT2D eigenvalue weighted by Crippen LogP contribution is 2.15. The molecule has 1 aliphatic rings. The van der Waals surface area contributed by atoms with Gasteiger partial charge in [0.15, 0.2) is 0 Å². The Labute approximate surface area is 89.2 Å². The molecule has 0 bridgehead atoms. The summed E-state index contributed by atoms with van der Waals surface area (Å²) in [4.78, 5) is 24.9. The first-order chi connectivity index (χ1) is 6.95. The van der Waals surface area contributed by atoms with Crippen LogP contribution in [0.2, 0.25) is 0 Å². The highest BCUT2D eigenvalue weighted by molar-refractivity contribution is 6.22. The molecule has 15 heavy (non-hydrogen) atoms. The van der Waals surface area contributed by atoms with Crippen LogP contribution in [0.5, 0.6) is 0 Å². The molecule has 0 spiro atoms. The summed E-state index contributed by atoms with van der Waals surface area (Å²) in [5, 5.41) is 2.58. The highest BCUT2D eigenvalue weighted by Gasteiger charge is 2.35. The van der Waals surface area contributed by atoms with Crippen LogP contribution in [0, 0.1) is 0 Å². The molecule has 5 nitrogen and oxygen atoms in total. The van der Waals surface area contributed by atoms with Crippen molar-refractivity contribution in [1.82, 2.24) is 14.9 Å². The minimum atomic E-state index is -0.272. The predicted octanol–water partition coefficient (Wildman–Crippen LogP) is -0.166. The van der Waals surface area contributed by atoms with Crippen LogP contribution in [0.3, 0.4) is 0 Å². The van der Waals surface area contributed by atoms with Crippen molar-refractivity contribution in [3.05, 3.63) is 23.9 Å². The topological polar surface area (TPSA) is 43.9 Å². The number of amides is 2. The summed E-state index contributed by atoms with van der Waals surface area (Å²) in [7, 11) is 6.87. The minimum Gasteiger partial charge on any atom is -0.383 e. The van der Waals surface area contributed by atoms with Crippen molar-refractivity contribution < 1.29 is 9.59 Å². The van der Waals surface area contributed by atoms with Crippen molar-refractivity contribution in [3.63, 3.8) is 0 Å². The smallest absolute Gasteiger partial charge is 0.277 e. The summed E-state index contributed by atoms with van der Waals surface area (Å²) < 4.78 is 0. The predicted molar refractivity (Wildman–Crippen MR) is 56.5 cm³/mol. The molecule has 1 heterocycles. The Morgan fingerprint density at radius 2 is 1.53 bits per heavy atom. The second-order valence-electron chi connectivity index (χ2n) is 3.54. The van der Waals surface area contributed by atoms with Gasteiger partial charge in [0.25, 0.3) is 11.8 Å². The highest BCUT2D eigenvalue weighted by atomic mass is 16.2. The van der Waals surface area contributed by atoms with Gasteiger partial charge in [-0.2, -0.15) is 0 Å². The van der Waals surface area contributed by atoms with Crippen LogP contribution in [-0.4, -0.2) is 54.9 Å². The van der Waals surface area contributed by atoms with Crippen LogP contribution in [0.15, 0.2) is 23.9 Å². The van der Waals surface area contributed by atoms with E-state index in [1.165, 1.54) is 16.1 Å². The zero-order chi connectivity index (χ0) is 11.6. The van der Waals surface area contributed by atoms with Crippen molar-refractivity contribution in [3.8, 4) is 0 Å². The first kappa shape index (κ1) is 11.3. The first-order valence-electron chi connectivity index (χ1n) is 4.56. The first-order valence-corrected chi connectivity index (χ1v) is 4.56. The summed E-state index contributed by atoms with van der Waals surface area (Å²) >= 11 is 0. The average molecular weight is 209 g/mol. The molecule has 0 aliphatic carbocycles. The number of likely N-dealkylation sites (N-methyl/N-ethyl adjacent to an activating group) is 2. The molecule has 0 aromatic heterocycles. The van der Waals surface area contributed by atoms with E-state index in [4.69, 9.17) is 0 Å². The quantitative estimate of drug-likeness (QED) is 0.468. The molecule has 82 valence electrons. The Morgan fingerprint density at radius 1 is 1.07 bits per heavy atom. The zero-order valence-electron chi connectivity index (χ0n) is 9.39. The third-order valence-corrected chi connectivity index (χ3v) is 2.15. The van der Waals surface area contributed by atoms with Crippen LogP contribution in [0.25, 0.3) is 0 Å². The molecule has 5 heteroatoms. The Hall–Kier alpha value is -1.78. The number of hydrazine groups is 1. The number of rotatable bonds is 2. The second kappa shape index (κ2) is 4.16. The lowest BCUT2D eigenvalue weighted by atomic mass is 10.2. The molecule has 1 saturated heterocycles. The van der Waals surface area contributed by atoms with Crippen molar-refractivity contribution in [2.24, 2.45) is 0 Å². The van der Waals surface area contributed by atoms with E-state index in [2.05, 4.69) is 0 Å². The maximum atomic E-state index is 11.5. The Balaban J connectivity index is 2.87.